The zero-order valence-corrected chi connectivity index (χ0v) is 13.8. The predicted octanol–water partition coefficient (Wildman–Crippen LogP) is 1.10. The van der Waals surface area contributed by atoms with E-state index in [-0.39, 0.29) is 10.9 Å². The lowest BCUT2D eigenvalue weighted by Gasteiger charge is -2.37. The summed E-state index contributed by atoms with van der Waals surface area (Å²) >= 11 is 0. The van der Waals surface area contributed by atoms with Crippen molar-refractivity contribution in [2.24, 2.45) is 7.05 Å². The van der Waals surface area contributed by atoms with Crippen LogP contribution >= 0.6 is 0 Å². The Labute approximate surface area is 131 Å². The molecule has 0 amide bonds. The fourth-order valence-electron chi connectivity index (χ4n) is 2.77. The molecule has 0 radical (unpaired) electrons. The van der Waals surface area contributed by atoms with E-state index in [2.05, 4.69) is 10.00 Å². The molecule has 0 aliphatic carbocycles. The summed E-state index contributed by atoms with van der Waals surface area (Å²) in [7, 11) is 2.08. The Morgan fingerprint density at radius 2 is 2.00 bits per heavy atom. The van der Waals surface area contributed by atoms with E-state index in [9.17, 15) is 8.42 Å². The molecule has 0 spiro atoms. The number of para-hydroxylation sites is 1. The van der Waals surface area contributed by atoms with E-state index < -0.39 is 10.0 Å². The van der Waals surface area contributed by atoms with Gasteiger partial charge in [-0.3, -0.25) is 8.99 Å². The topological polar surface area (TPSA) is 58.4 Å². The van der Waals surface area contributed by atoms with Gasteiger partial charge in [0, 0.05) is 19.3 Å². The molecule has 1 aromatic carbocycles. The van der Waals surface area contributed by atoms with Crippen molar-refractivity contribution in [3.63, 3.8) is 0 Å². The smallest absolute Gasteiger partial charge is 0.267 e. The minimum absolute atomic E-state index is 0.154. The minimum atomic E-state index is -3.60. The summed E-state index contributed by atoms with van der Waals surface area (Å²) in [5.74, 6) is 0. The Hall–Kier alpha value is -1.86. The van der Waals surface area contributed by atoms with Crippen molar-refractivity contribution < 1.29 is 8.42 Å². The lowest BCUT2D eigenvalue weighted by molar-refractivity contribution is 0.293. The second-order valence-electron chi connectivity index (χ2n) is 5.84. The van der Waals surface area contributed by atoms with Crippen LogP contribution < -0.4 is 4.31 Å². The number of fused-ring (bicyclic) bond motifs is 1. The number of nitrogens with zero attached hydrogens (tertiary/aromatic N) is 4. The van der Waals surface area contributed by atoms with Gasteiger partial charge in [0.1, 0.15) is 4.90 Å². The number of benzene rings is 1. The summed E-state index contributed by atoms with van der Waals surface area (Å²) in [5.41, 5.74) is 1.82. The van der Waals surface area contributed by atoms with Gasteiger partial charge in [-0.15, -0.1) is 0 Å². The average Bonchev–Trinajstić information content (AvgIpc) is 2.93. The predicted molar refractivity (Wildman–Crippen MR) is 85.4 cm³/mol. The highest BCUT2D eigenvalue weighted by molar-refractivity contribution is 7.92. The van der Waals surface area contributed by atoms with Crippen LogP contribution in [-0.4, -0.2) is 49.8 Å². The van der Waals surface area contributed by atoms with Gasteiger partial charge in [0.2, 0.25) is 0 Å². The lowest BCUT2D eigenvalue weighted by Crippen LogP contribution is -2.47. The van der Waals surface area contributed by atoms with E-state index in [4.69, 9.17) is 0 Å². The number of aromatic nitrogens is 2. The van der Waals surface area contributed by atoms with Gasteiger partial charge in [0.25, 0.3) is 10.0 Å². The molecule has 0 saturated carbocycles. The van der Waals surface area contributed by atoms with Crippen LogP contribution in [0.5, 0.6) is 0 Å². The highest BCUT2D eigenvalue weighted by Gasteiger charge is 2.34. The molecule has 0 fully saturated rings. The standard InChI is InChI=1S/C15H20N4O2S/c1-17(2)13-8-12-6-4-5-7-15(12)19(10-13)22(20,21)14-9-16-18(3)11-14/h4-7,9,11,13H,8,10H2,1-3H3/t13-/m1/s1. The SMILES string of the molecule is CN(C)[C@@H]1Cc2ccccc2N(S(=O)(=O)c2cnn(C)c2)C1. The first-order valence-electron chi connectivity index (χ1n) is 7.15. The number of sulfonamides is 1. The van der Waals surface area contributed by atoms with Crippen molar-refractivity contribution in [1.29, 1.82) is 0 Å². The molecule has 1 aliphatic heterocycles. The minimum Gasteiger partial charge on any atom is -0.304 e. The summed E-state index contributed by atoms with van der Waals surface area (Å²) in [5, 5.41) is 3.99. The quantitative estimate of drug-likeness (QED) is 0.850. The fourth-order valence-corrected chi connectivity index (χ4v) is 4.29. The molecule has 0 N–H and O–H groups in total. The Bertz CT molecular complexity index is 782. The molecule has 6 nitrogen and oxygen atoms in total. The van der Waals surface area contributed by atoms with Gasteiger partial charge in [-0.25, -0.2) is 8.42 Å². The van der Waals surface area contributed by atoms with Gasteiger partial charge in [-0.2, -0.15) is 5.10 Å². The third-order valence-corrected chi connectivity index (χ3v) is 5.82. The summed E-state index contributed by atoms with van der Waals surface area (Å²) in [6.07, 6.45) is 3.79. The molecule has 7 heteroatoms. The second-order valence-corrected chi connectivity index (χ2v) is 7.70. The van der Waals surface area contributed by atoms with Crippen LogP contribution in [0.25, 0.3) is 0 Å². The van der Waals surface area contributed by atoms with Crippen LogP contribution in [0.1, 0.15) is 5.56 Å². The number of aryl methyl sites for hydroxylation is 1. The van der Waals surface area contributed by atoms with Gasteiger partial charge in [-0.05, 0) is 32.1 Å². The van der Waals surface area contributed by atoms with E-state index in [0.717, 1.165) is 17.7 Å². The number of anilines is 1. The van der Waals surface area contributed by atoms with Crippen LogP contribution in [-0.2, 0) is 23.5 Å². The molecule has 0 unspecified atom stereocenters. The van der Waals surface area contributed by atoms with Crippen LogP contribution in [0.2, 0.25) is 0 Å². The summed E-state index contributed by atoms with van der Waals surface area (Å²) < 4.78 is 29.0. The van der Waals surface area contributed by atoms with E-state index in [0.29, 0.717) is 6.54 Å². The van der Waals surface area contributed by atoms with Gasteiger partial charge in [0.15, 0.2) is 0 Å². The fraction of sp³-hybridized carbons (Fsp3) is 0.400. The monoisotopic (exact) mass is 320 g/mol. The highest BCUT2D eigenvalue weighted by atomic mass is 32.2. The van der Waals surface area contributed by atoms with Crippen molar-refractivity contribution in [2.45, 2.75) is 17.4 Å². The second kappa shape index (κ2) is 5.40. The molecule has 1 atom stereocenters. The van der Waals surface area contributed by atoms with E-state index >= 15 is 0 Å². The average molecular weight is 320 g/mol. The van der Waals surface area contributed by atoms with Crippen LogP contribution in [0.3, 0.4) is 0 Å². The van der Waals surface area contributed by atoms with Gasteiger partial charge < -0.3 is 4.90 Å². The zero-order chi connectivity index (χ0) is 15.9. The van der Waals surface area contributed by atoms with Crippen molar-refractivity contribution in [1.82, 2.24) is 14.7 Å². The van der Waals surface area contributed by atoms with Crippen LogP contribution in [0, 0.1) is 0 Å². The van der Waals surface area contributed by atoms with Crippen molar-refractivity contribution in [2.75, 3.05) is 24.9 Å². The molecule has 1 aromatic heterocycles. The highest BCUT2D eigenvalue weighted by Crippen LogP contribution is 2.32. The first-order chi connectivity index (χ1) is 10.4. The Morgan fingerprint density at radius 3 is 2.64 bits per heavy atom. The molecule has 22 heavy (non-hydrogen) atoms. The van der Waals surface area contributed by atoms with E-state index in [1.54, 1.807) is 7.05 Å². The molecule has 118 valence electrons. The van der Waals surface area contributed by atoms with Crippen molar-refractivity contribution in [3.05, 3.63) is 42.2 Å². The Balaban J connectivity index is 2.09. The van der Waals surface area contributed by atoms with Crippen LogP contribution in [0.15, 0.2) is 41.6 Å². The third kappa shape index (κ3) is 2.50. The number of likely N-dealkylation sites (N-methyl/N-ethyl adjacent to an activating group) is 1. The third-order valence-electron chi connectivity index (χ3n) is 4.09. The Kier molecular flexibility index (Phi) is 3.70. The molecule has 2 heterocycles. The maximum Gasteiger partial charge on any atom is 0.267 e. The van der Waals surface area contributed by atoms with Gasteiger partial charge in [-0.1, -0.05) is 18.2 Å². The molecule has 3 rings (SSSR count). The van der Waals surface area contributed by atoms with Crippen LogP contribution in [0.4, 0.5) is 5.69 Å². The zero-order valence-electron chi connectivity index (χ0n) is 13.0. The molecular formula is C15H20N4O2S. The summed E-state index contributed by atoms with van der Waals surface area (Å²) in [6, 6.07) is 7.85. The van der Waals surface area contributed by atoms with Gasteiger partial charge in [0.05, 0.1) is 18.4 Å². The van der Waals surface area contributed by atoms with E-state index in [1.165, 1.54) is 21.4 Å². The number of hydrogen-bond donors (Lipinski definition) is 0. The summed E-state index contributed by atoms with van der Waals surface area (Å²) in [6.45, 7) is 0.446. The van der Waals surface area contributed by atoms with Crippen molar-refractivity contribution in [3.8, 4) is 0 Å². The first kappa shape index (κ1) is 15.1. The summed E-state index contributed by atoms with van der Waals surface area (Å²) in [4.78, 5) is 2.30. The van der Waals surface area contributed by atoms with Gasteiger partial charge >= 0.3 is 0 Å². The largest absolute Gasteiger partial charge is 0.304 e. The first-order valence-corrected chi connectivity index (χ1v) is 8.59. The van der Waals surface area contributed by atoms with Crippen molar-refractivity contribution >= 4 is 15.7 Å². The Morgan fingerprint density at radius 1 is 1.27 bits per heavy atom. The maximum atomic E-state index is 13.0. The molecule has 0 bridgehead atoms. The van der Waals surface area contributed by atoms with E-state index in [1.807, 2.05) is 38.4 Å². The lowest BCUT2D eigenvalue weighted by atomic mass is 9.99. The normalized spacial score (nSPS) is 18.5. The molecule has 2 aromatic rings. The molecule has 1 aliphatic rings. The molecular weight excluding hydrogens is 300 g/mol. The number of rotatable bonds is 3. The number of hydrogen-bond acceptors (Lipinski definition) is 4. The molecule has 0 saturated heterocycles. The maximum absolute atomic E-state index is 13.0.